The molecule has 0 radical (unpaired) electrons. The molecular formula is C25H19ClO4. The van der Waals surface area contributed by atoms with Crippen LogP contribution < -0.4 is 10.2 Å². The number of fused-ring (bicyclic) bond motifs is 1. The number of carbonyl (C=O) groups is 1. The van der Waals surface area contributed by atoms with Crippen LogP contribution >= 0.6 is 11.6 Å². The van der Waals surface area contributed by atoms with Gasteiger partial charge < -0.3 is 9.15 Å². The van der Waals surface area contributed by atoms with Gasteiger partial charge in [0.15, 0.2) is 11.9 Å². The zero-order valence-electron chi connectivity index (χ0n) is 16.5. The topological polar surface area (TPSA) is 56.5 Å². The standard InChI is InChI=1S/C25H19ClO4/c1-15-8-13-20-21(14-15)30-24(18-9-11-19(26)12-10-18)25(23(20)28)29-16(2)22(27)17-6-4-3-5-7-17/h3-14,16H,1-2H3/t16-/m0/s1. The maximum Gasteiger partial charge on any atom is 0.235 e. The van der Waals surface area contributed by atoms with E-state index < -0.39 is 6.10 Å². The molecule has 0 N–H and O–H groups in total. The van der Waals surface area contributed by atoms with Gasteiger partial charge in [-0.25, -0.2) is 0 Å². The molecule has 0 aliphatic rings. The first-order valence-corrected chi connectivity index (χ1v) is 9.91. The molecule has 4 aromatic rings. The van der Waals surface area contributed by atoms with E-state index in [2.05, 4.69) is 0 Å². The maximum absolute atomic E-state index is 13.3. The molecule has 0 amide bonds. The van der Waals surface area contributed by atoms with Crippen molar-refractivity contribution in [1.82, 2.24) is 0 Å². The number of hydrogen-bond donors (Lipinski definition) is 0. The van der Waals surface area contributed by atoms with Crippen molar-refractivity contribution in [3.63, 3.8) is 0 Å². The maximum atomic E-state index is 13.3. The molecule has 4 nitrogen and oxygen atoms in total. The molecule has 30 heavy (non-hydrogen) atoms. The van der Waals surface area contributed by atoms with Gasteiger partial charge in [-0.2, -0.15) is 0 Å². The van der Waals surface area contributed by atoms with Crippen LogP contribution in [-0.2, 0) is 0 Å². The third kappa shape index (κ3) is 3.87. The highest BCUT2D eigenvalue weighted by molar-refractivity contribution is 6.30. The average Bonchev–Trinajstić information content (AvgIpc) is 2.76. The summed E-state index contributed by atoms with van der Waals surface area (Å²) in [5.74, 6) is 0.0500. The molecule has 0 saturated carbocycles. The second kappa shape index (κ2) is 8.17. The van der Waals surface area contributed by atoms with Crippen LogP contribution in [0.4, 0.5) is 0 Å². The first kappa shape index (κ1) is 19.9. The fraction of sp³-hybridized carbons (Fsp3) is 0.120. The molecule has 1 atom stereocenters. The Morgan fingerprint density at radius 2 is 1.70 bits per heavy atom. The second-order valence-electron chi connectivity index (χ2n) is 7.09. The molecular weight excluding hydrogens is 400 g/mol. The molecule has 0 unspecified atom stereocenters. The van der Waals surface area contributed by atoms with Crippen molar-refractivity contribution in [3.8, 4) is 17.1 Å². The minimum atomic E-state index is -0.871. The van der Waals surface area contributed by atoms with E-state index in [9.17, 15) is 9.59 Å². The Kier molecular flexibility index (Phi) is 5.42. The van der Waals surface area contributed by atoms with E-state index in [4.69, 9.17) is 20.8 Å². The Hall–Kier alpha value is -3.37. The molecule has 1 heterocycles. The lowest BCUT2D eigenvalue weighted by atomic mass is 10.1. The van der Waals surface area contributed by atoms with Crippen LogP contribution in [-0.4, -0.2) is 11.9 Å². The Morgan fingerprint density at radius 1 is 1.00 bits per heavy atom. The van der Waals surface area contributed by atoms with Crippen LogP contribution in [0, 0.1) is 6.92 Å². The van der Waals surface area contributed by atoms with E-state index in [1.807, 2.05) is 19.1 Å². The van der Waals surface area contributed by atoms with Crippen molar-refractivity contribution in [2.45, 2.75) is 20.0 Å². The lowest BCUT2D eigenvalue weighted by molar-refractivity contribution is 0.0815. The van der Waals surface area contributed by atoms with Crippen molar-refractivity contribution in [3.05, 3.63) is 99.2 Å². The number of carbonyl (C=O) groups excluding carboxylic acids is 1. The Bertz CT molecular complexity index is 1270. The van der Waals surface area contributed by atoms with Gasteiger partial charge in [0.25, 0.3) is 0 Å². The van der Waals surface area contributed by atoms with Crippen molar-refractivity contribution < 1.29 is 13.9 Å². The number of benzene rings is 3. The lowest BCUT2D eigenvalue weighted by Crippen LogP contribution is -2.26. The van der Waals surface area contributed by atoms with E-state index in [1.54, 1.807) is 67.6 Å². The minimum absolute atomic E-state index is 0.00505. The molecule has 0 aliphatic carbocycles. The van der Waals surface area contributed by atoms with Gasteiger partial charge in [-0.05, 0) is 55.8 Å². The van der Waals surface area contributed by atoms with Gasteiger partial charge in [0.05, 0.1) is 5.39 Å². The summed E-state index contributed by atoms with van der Waals surface area (Å²) in [5, 5.41) is 0.959. The smallest absolute Gasteiger partial charge is 0.235 e. The highest BCUT2D eigenvalue weighted by Gasteiger charge is 2.23. The largest absolute Gasteiger partial charge is 0.475 e. The normalized spacial score (nSPS) is 12.0. The number of rotatable bonds is 5. The average molecular weight is 419 g/mol. The van der Waals surface area contributed by atoms with Gasteiger partial charge in [0, 0.05) is 16.1 Å². The predicted octanol–water partition coefficient (Wildman–Crippen LogP) is 6.07. The molecule has 0 fully saturated rings. The zero-order valence-corrected chi connectivity index (χ0v) is 17.3. The predicted molar refractivity (Wildman–Crippen MR) is 119 cm³/mol. The van der Waals surface area contributed by atoms with Crippen LogP contribution in [0.25, 0.3) is 22.3 Å². The summed E-state index contributed by atoms with van der Waals surface area (Å²) < 4.78 is 12.0. The fourth-order valence-electron chi connectivity index (χ4n) is 3.25. The van der Waals surface area contributed by atoms with Gasteiger partial charge >= 0.3 is 0 Å². The highest BCUT2D eigenvalue weighted by atomic mass is 35.5. The third-order valence-corrected chi connectivity index (χ3v) is 5.09. The summed E-state index contributed by atoms with van der Waals surface area (Å²) >= 11 is 6.01. The van der Waals surface area contributed by atoms with Crippen LogP contribution in [0.2, 0.25) is 5.02 Å². The SMILES string of the molecule is Cc1ccc2c(=O)c(O[C@@H](C)C(=O)c3ccccc3)c(-c3ccc(Cl)cc3)oc2c1. The van der Waals surface area contributed by atoms with Gasteiger partial charge in [-0.1, -0.05) is 48.0 Å². The molecule has 0 aliphatic heterocycles. The number of Topliss-reactive ketones (excluding diaryl/α,β-unsaturated/α-hetero) is 1. The number of aryl methyl sites for hydroxylation is 1. The van der Waals surface area contributed by atoms with Crippen molar-refractivity contribution in [1.29, 1.82) is 0 Å². The summed E-state index contributed by atoms with van der Waals surface area (Å²) in [7, 11) is 0. The molecule has 3 aromatic carbocycles. The molecule has 5 heteroatoms. The molecule has 0 spiro atoms. The Labute approximate surface area is 178 Å². The van der Waals surface area contributed by atoms with Gasteiger partial charge in [0.2, 0.25) is 17.0 Å². The third-order valence-electron chi connectivity index (χ3n) is 4.83. The van der Waals surface area contributed by atoms with Crippen LogP contribution in [0.1, 0.15) is 22.8 Å². The zero-order chi connectivity index (χ0) is 21.3. The number of ketones is 1. The monoisotopic (exact) mass is 418 g/mol. The minimum Gasteiger partial charge on any atom is -0.475 e. The quantitative estimate of drug-likeness (QED) is 0.369. The van der Waals surface area contributed by atoms with E-state index in [0.29, 0.717) is 27.1 Å². The van der Waals surface area contributed by atoms with E-state index in [1.165, 1.54) is 0 Å². The molecule has 4 rings (SSSR count). The molecule has 150 valence electrons. The number of hydrogen-bond acceptors (Lipinski definition) is 4. The van der Waals surface area contributed by atoms with Gasteiger partial charge in [-0.3, -0.25) is 9.59 Å². The number of ether oxygens (including phenoxy) is 1. The van der Waals surface area contributed by atoms with E-state index in [0.717, 1.165) is 5.56 Å². The van der Waals surface area contributed by atoms with Crippen LogP contribution in [0.5, 0.6) is 5.75 Å². The summed E-state index contributed by atoms with van der Waals surface area (Å²) in [4.78, 5) is 26.1. The summed E-state index contributed by atoms with van der Waals surface area (Å²) in [5.41, 5.74) is 2.25. The fourth-order valence-corrected chi connectivity index (χ4v) is 3.38. The number of halogens is 1. The first-order chi connectivity index (χ1) is 14.4. The summed E-state index contributed by atoms with van der Waals surface area (Å²) in [6.07, 6.45) is -0.871. The van der Waals surface area contributed by atoms with Gasteiger partial charge in [-0.15, -0.1) is 0 Å². The first-order valence-electron chi connectivity index (χ1n) is 9.53. The Balaban J connectivity index is 1.84. The van der Waals surface area contributed by atoms with Crippen molar-refractivity contribution >= 4 is 28.4 Å². The summed E-state index contributed by atoms with van der Waals surface area (Å²) in [6.45, 7) is 3.55. The van der Waals surface area contributed by atoms with Crippen molar-refractivity contribution in [2.24, 2.45) is 0 Å². The van der Waals surface area contributed by atoms with E-state index in [-0.39, 0.29) is 22.7 Å². The Morgan fingerprint density at radius 3 is 2.40 bits per heavy atom. The van der Waals surface area contributed by atoms with Crippen LogP contribution in [0.3, 0.4) is 0 Å². The molecule has 0 saturated heterocycles. The highest BCUT2D eigenvalue weighted by Crippen LogP contribution is 2.32. The lowest BCUT2D eigenvalue weighted by Gasteiger charge is -2.16. The summed E-state index contributed by atoms with van der Waals surface area (Å²) in [6, 6.07) is 21.1. The van der Waals surface area contributed by atoms with Gasteiger partial charge in [0.1, 0.15) is 5.58 Å². The van der Waals surface area contributed by atoms with E-state index >= 15 is 0 Å². The van der Waals surface area contributed by atoms with Crippen molar-refractivity contribution in [2.75, 3.05) is 0 Å². The second-order valence-corrected chi connectivity index (χ2v) is 7.52. The molecule has 1 aromatic heterocycles. The van der Waals surface area contributed by atoms with Crippen LogP contribution in [0.15, 0.2) is 82.0 Å². The molecule has 0 bridgehead atoms.